The Morgan fingerprint density at radius 2 is 1.35 bits per heavy atom. The van der Waals surface area contributed by atoms with Crippen LogP contribution >= 0.6 is 23.2 Å². The van der Waals surface area contributed by atoms with E-state index >= 15 is 0 Å². The molecule has 0 atom stereocenters. The summed E-state index contributed by atoms with van der Waals surface area (Å²) >= 11 is 11.7. The molecule has 26 heavy (non-hydrogen) atoms. The fraction of sp³-hybridized carbons (Fsp3) is 0.0526. The van der Waals surface area contributed by atoms with Crippen LogP contribution in [0.2, 0.25) is 10.0 Å². The highest BCUT2D eigenvalue weighted by atomic mass is 35.5. The van der Waals surface area contributed by atoms with E-state index in [1.165, 1.54) is 30.3 Å². The SMILES string of the molecule is O=S(=O)(Oc1ccc(OCc2ccccc2)cc1)c1cc(Cl)cc(Cl)c1. The van der Waals surface area contributed by atoms with Crippen LogP contribution in [-0.4, -0.2) is 8.42 Å². The molecule has 4 nitrogen and oxygen atoms in total. The summed E-state index contributed by atoms with van der Waals surface area (Å²) in [6, 6.07) is 20.0. The van der Waals surface area contributed by atoms with E-state index in [0.717, 1.165) is 5.56 Å². The van der Waals surface area contributed by atoms with Gasteiger partial charge in [0, 0.05) is 10.0 Å². The average Bonchev–Trinajstić information content (AvgIpc) is 2.61. The zero-order valence-electron chi connectivity index (χ0n) is 13.4. The van der Waals surface area contributed by atoms with Gasteiger partial charge in [0.05, 0.1) is 0 Å². The van der Waals surface area contributed by atoms with E-state index in [-0.39, 0.29) is 20.7 Å². The third-order valence-electron chi connectivity index (χ3n) is 3.40. The lowest BCUT2D eigenvalue weighted by atomic mass is 10.2. The monoisotopic (exact) mass is 408 g/mol. The summed E-state index contributed by atoms with van der Waals surface area (Å²) in [7, 11) is -4.04. The molecule has 0 spiro atoms. The van der Waals surface area contributed by atoms with E-state index in [1.54, 1.807) is 12.1 Å². The van der Waals surface area contributed by atoms with Crippen molar-refractivity contribution in [1.29, 1.82) is 0 Å². The van der Waals surface area contributed by atoms with Crippen molar-refractivity contribution >= 4 is 33.3 Å². The van der Waals surface area contributed by atoms with Crippen LogP contribution in [0.25, 0.3) is 0 Å². The minimum absolute atomic E-state index is 0.112. The smallest absolute Gasteiger partial charge is 0.339 e. The Kier molecular flexibility index (Phi) is 5.71. The molecule has 0 N–H and O–H groups in total. The van der Waals surface area contributed by atoms with E-state index in [2.05, 4.69) is 0 Å². The van der Waals surface area contributed by atoms with Crippen molar-refractivity contribution in [3.63, 3.8) is 0 Å². The second-order valence-corrected chi connectivity index (χ2v) is 7.81. The number of halogens is 2. The largest absolute Gasteiger partial charge is 0.489 e. The van der Waals surface area contributed by atoms with Crippen molar-refractivity contribution in [1.82, 2.24) is 0 Å². The molecule has 0 radical (unpaired) electrons. The first-order valence-corrected chi connectivity index (χ1v) is 9.76. The van der Waals surface area contributed by atoms with Gasteiger partial charge in [-0.1, -0.05) is 53.5 Å². The van der Waals surface area contributed by atoms with Crippen LogP contribution in [0.15, 0.2) is 77.7 Å². The van der Waals surface area contributed by atoms with Crippen LogP contribution in [0.5, 0.6) is 11.5 Å². The molecule has 0 aliphatic heterocycles. The summed E-state index contributed by atoms with van der Waals surface area (Å²) in [4.78, 5) is -0.112. The zero-order valence-corrected chi connectivity index (χ0v) is 15.8. The molecular formula is C19H14Cl2O4S. The van der Waals surface area contributed by atoms with E-state index < -0.39 is 10.1 Å². The minimum Gasteiger partial charge on any atom is -0.489 e. The quantitative estimate of drug-likeness (QED) is 0.516. The van der Waals surface area contributed by atoms with E-state index in [1.807, 2.05) is 30.3 Å². The molecule has 7 heteroatoms. The number of ether oxygens (including phenoxy) is 1. The number of rotatable bonds is 6. The second kappa shape index (κ2) is 7.99. The molecule has 0 bridgehead atoms. The number of hydrogen-bond donors (Lipinski definition) is 0. The predicted octanol–water partition coefficient (Wildman–Crippen LogP) is 5.34. The van der Waals surface area contributed by atoms with Gasteiger partial charge in [0.2, 0.25) is 0 Å². The van der Waals surface area contributed by atoms with Gasteiger partial charge in [-0.3, -0.25) is 0 Å². The van der Waals surface area contributed by atoms with Crippen molar-refractivity contribution in [3.8, 4) is 11.5 Å². The lowest BCUT2D eigenvalue weighted by Gasteiger charge is -2.09. The molecule has 0 heterocycles. The minimum atomic E-state index is -4.04. The third kappa shape index (κ3) is 4.91. The Balaban J connectivity index is 1.68. The fourth-order valence-electron chi connectivity index (χ4n) is 2.18. The first-order valence-electron chi connectivity index (χ1n) is 7.60. The van der Waals surface area contributed by atoms with Crippen molar-refractivity contribution in [2.45, 2.75) is 11.5 Å². The molecular weight excluding hydrogens is 395 g/mol. The molecule has 0 aliphatic carbocycles. The van der Waals surface area contributed by atoms with Crippen molar-refractivity contribution in [2.24, 2.45) is 0 Å². The standard InChI is InChI=1S/C19H14Cl2O4S/c20-15-10-16(21)12-19(11-15)26(22,23)25-18-8-6-17(7-9-18)24-13-14-4-2-1-3-5-14/h1-12H,13H2. The van der Waals surface area contributed by atoms with Crippen molar-refractivity contribution in [2.75, 3.05) is 0 Å². The summed E-state index contributed by atoms with van der Waals surface area (Å²) < 4.78 is 35.4. The Morgan fingerprint density at radius 1 is 0.769 bits per heavy atom. The van der Waals surface area contributed by atoms with Crippen molar-refractivity contribution in [3.05, 3.63) is 88.4 Å². The first-order chi connectivity index (χ1) is 12.4. The van der Waals surface area contributed by atoms with E-state index in [9.17, 15) is 8.42 Å². The van der Waals surface area contributed by atoms with Gasteiger partial charge in [0.1, 0.15) is 23.0 Å². The zero-order chi connectivity index (χ0) is 18.6. The lowest BCUT2D eigenvalue weighted by molar-refractivity contribution is 0.306. The Hall–Kier alpha value is -2.21. The summed E-state index contributed by atoms with van der Waals surface area (Å²) in [6.45, 7) is 0.417. The average molecular weight is 409 g/mol. The molecule has 0 amide bonds. The maximum absolute atomic E-state index is 12.3. The summed E-state index contributed by atoms with van der Waals surface area (Å²) in [5.74, 6) is 0.762. The van der Waals surface area contributed by atoms with Gasteiger partial charge in [-0.2, -0.15) is 8.42 Å². The van der Waals surface area contributed by atoms with E-state index in [0.29, 0.717) is 12.4 Å². The topological polar surface area (TPSA) is 52.6 Å². The molecule has 134 valence electrons. The molecule has 0 fully saturated rings. The summed E-state index contributed by atoms with van der Waals surface area (Å²) in [5, 5.41) is 0.425. The molecule has 0 aromatic heterocycles. The Labute approximate surface area is 162 Å². The Morgan fingerprint density at radius 3 is 1.96 bits per heavy atom. The van der Waals surface area contributed by atoms with Crippen LogP contribution in [-0.2, 0) is 16.7 Å². The molecule has 0 saturated heterocycles. The maximum atomic E-state index is 12.3. The Bertz CT molecular complexity index is 968. The summed E-state index contributed by atoms with van der Waals surface area (Å²) in [6.07, 6.45) is 0. The van der Waals surface area contributed by atoms with Gasteiger partial charge >= 0.3 is 10.1 Å². The summed E-state index contributed by atoms with van der Waals surface area (Å²) in [5.41, 5.74) is 1.04. The van der Waals surface area contributed by atoms with Gasteiger partial charge in [0.15, 0.2) is 0 Å². The van der Waals surface area contributed by atoms with E-state index in [4.69, 9.17) is 32.1 Å². The fourth-order valence-corrected chi connectivity index (χ4v) is 3.84. The highest BCUT2D eigenvalue weighted by Crippen LogP contribution is 2.26. The highest BCUT2D eigenvalue weighted by molar-refractivity contribution is 7.87. The van der Waals surface area contributed by atoms with Gasteiger partial charge in [-0.05, 0) is 48.0 Å². The molecule has 3 aromatic rings. The predicted molar refractivity (Wildman–Crippen MR) is 101 cm³/mol. The molecule has 3 rings (SSSR count). The third-order valence-corrected chi connectivity index (χ3v) is 5.06. The van der Waals surface area contributed by atoms with Gasteiger partial charge in [0.25, 0.3) is 0 Å². The second-order valence-electron chi connectivity index (χ2n) is 5.39. The maximum Gasteiger partial charge on any atom is 0.339 e. The van der Waals surface area contributed by atoms with Gasteiger partial charge in [-0.15, -0.1) is 0 Å². The normalized spacial score (nSPS) is 11.2. The molecule has 3 aromatic carbocycles. The van der Waals surface area contributed by atoms with Crippen LogP contribution in [0.3, 0.4) is 0 Å². The molecule has 0 unspecified atom stereocenters. The van der Waals surface area contributed by atoms with Gasteiger partial charge < -0.3 is 8.92 Å². The highest BCUT2D eigenvalue weighted by Gasteiger charge is 2.18. The van der Waals surface area contributed by atoms with Crippen LogP contribution < -0.4 is 8.92 Å². The number of hydrogen-bond acceptors (Lipinski definition) is 4. The number of benzene rings is 3. The first kappa shape index (κ1) is 18.6. The van der Waals surface area contributed by atoms with Crippen LogP contribution in [0, 0.1) is 0 Å². The molecule has 0 aliphatic rings. The molecule has 0 saturated carbocycles. The van der Waals surface area contributed by atoms with Crippen LogP contribution in [0.1, 0.15) is 5.56 Å². The van der Waals surface area contributed by atoms with Crippen molar-refractivity contribution < 1.29 is 17.3 Å². The van der Waals surface area contributed by atoms with Crippen LogP contribution in [0.4, 0.5) is 0 Å². The van der Waals surface area contributed by atoms with Gasteiger partial charge in [-0.25, -0.2) is 0 Å². The lowest BCUT2D eigenvalue weighted by Crippen LogP contribution is -2.09.